The van der Waals surface area contributed by atoms with Gasteiger partial charge in [-0.2, -0.15) is 0 Å². The van der Waals surface area contributed by atoms with E-state index in [1.807, 2.05) is 0 Å². The molecule has 104 valence electrons. The summed E-state index contributed by atoms with van der Waals surface area (Å²) >= 11 is 0. The number of rotatable bonds is 5. The molecule has 2 N–H and O–H groups in total. The Morgan fingerprint density at radius 2 is 2.17 bits per heavy atom. The van der Waals surface area contributed by atoms with Gasteiger partial charge in [0.15, 0.2) is 0 Å². The summed E-state index contributed by atoms with van der Waals surface area (Å²) in [5.74, 6) is 1.00. The molecule has 0 saturated carbocycles. The number of carbonyl (C=O) groups is 1. The highest BCUT2D eigenvalue weighted by Crippen LogP contribution is 2.16. The average Bonchev–Trinajstić information content (AvgIpc) is 2.75. The van der Waals surface area contributed by atoms with Crippen LogP contribution in [0.2, 0.25) is 0 Å². The van der Waals surface area contributed by atoms with Gasteiger partial charge in [0.2, 0.25) is 5.91 Å². The van der Waals surface area contributed by atoms with Crippen LogP contribution in [0.5, 0.6) is 0 Å². The van der Waals surface area contributed by atoms with Crippen LogP contribution < -0.4 is 10.6 Å². The van der Waals surface area contributed by atoms with Crippen molar-refractivity contribution in [2.75, 3.05) is 26.2 Å². The van der Waals surface area contributed by atoms with Gasteiger partial charge in [0.1, 0.15) is 0 Å². The van der Waals surface area contributed by atoms with Crippen molar-refractivity contribution >= 4 is 5.91 Å². The Morgan fingerprint density at radius 3 is 2.72 bits per heavy atom. The third kappa shape index (κ3) is 3.95. The lowest BCUT2D eigenvalue weighted by atomic mass is 9.98. The standard InChI is InChI=1S/C14H27N3O/c1-11(2)17(9-12-4-3-7-15-8-12)10-13-5-6-14(18)16-13/h11-13,15H,3-10H2,1-2H3,(H,16,18). The smallest absolute Gasteiger partial charge is 0.220 e. The molecule has 18 heavy (non-hydrogen) atoms. The van der Waals surface area contributed by atoms with Gasteiger partial charge in [-0.05, 0) is 52.1 Å². The van der Waals surface area contributed by atoms with Gasteiger partial charge in [0.05, 0.1) is 0 Å². The fourth-order valence-electron chi connectivity index (χ4n) is 3.00. The highest BCUT2D eigenvalue weighted by atomic mass is 16.1. The van der Waals surface area contributed by atoms with Gasteiger partial charge in [-0.1, -0.05) is 0 Å². The molecule has 0 spiro atoms. The van der Waals surface area contributed by atoms with Crippen LogP contribution in [0.1, 0.15) is 39.5 Å². The number of hydrogen-bond donors (Lipinski definition) is 2. The van der Waals surface area contributed by atoms with E-state index in [2.05, 4.69) is 29.4 Å². The van der Waals surface area contributed by atoms with E-state index in [0.29, 0.717) is 18.5 Å². The van der Waals surface area contributed by atoms with Crippen LogP contribution >= 0.6 is 0 Å². The second kappa shape index (κ2) is 6.53. The number of carbonyl (C=O) groups excluding carboxylic acids is 1. The summed E-state index contributed by atoms with van der Waals surface area (Å²) in [6, 6.07) is 0.931. The lowest BCUT2D eigenvalue weighted by molar-refractivity contribution is -0.119. The van der Waals surface area contributed by atoms with Crippen LogP contribution in [0.4, 0.5) is 0 Å². The topological polar surface area (TPSA) is 44.4 Å². The normalized spacial score (nSPS) is 29.0. The molecule has 1 amide bonds. The van der Waals surface area contributed by atoms with Crippen LogP contribution in [0.3, 0.4) is 0 Å². The van der Waals surface area contributed by atoms with Gasteiger partial charge >= 0.3 is 0 Å². The van der Waals surface area contributed by atoms with Crippen molar-refractivity contribution in [3.05, 3.63) is 0 Å². The second-order valence-corrected chi connectivity index (χ2v) is 6.06. The maximum atomic E-state index is 11.3. The largest absolute Gasteiger partial charge is 0.352 e. The van der Waals surface area contributed by atoms with E-state index in [-0.39, 0.29) is 5.91 Å². The van der Waals surface area contributed by atoms with E-state index >= 15 is 0 Å². The highest BCUT2D eigenvalue weighted by Gasteiger charge is 2.26. The molecule has 0 aromatic carbocycles. The Hall–Kier alpha value is -0.610. The van der Waals surface area contributed by atoms with E-state index in [0.717, 1.165) is 32.0 Å². The molecule has 0 aromatic rings. The Bertz CT molecular complexity index is 274. The van der Waals surface area contributed by atoms with Crippen molar-refractivity contribution in [1.82, 2.24) is 15.5 Å². The van der Waals surface area contributed by atoms with Crippen molar-refractivity contribution in [1.29, 1.82) is 0 Å². The number of nitrogens with zero attached hydrogens (tertiary/aromatic N) is 1. The summed E-state index contributed by atoms with van der Waals surface area (Å²) in [5.41, 5.74) is 0. The van der Waals surface area contributed by atoms with Crippen LogP contribution in [-0.4, -0.2) is 49.1 Å². The van der Waals surface area contributed by atoms with Crippen LogP contribution in [0, 0.1) is 5.92 Å². The first-order chi connectivity index (χ1) is 8.65. The summed E-state index contributed by atoms with van der Waals surface area (Å²) in [7, 11) is 0. The van der Waals surface area contributed by atoms with Crippen molar-refractivity contribution in [3.63, 3.8) is 0 Å². The monoisotopic (exact) mass is 253 g/mol. The molecule has 2 aliphatic rings. The molecule has 4 heteroatoms. The third-order valence-corrected chi connectivity index (χ3v) is 4.16. The average molecular weight is 253 g/mol. The Labute approximate surface area is 110 Å². The fourth-order valence-corrected chi connectivity index (χ4v) is 3.00. The highest BCUT2D eigenvalue weighted by molar-refractivity contribution is 5.78. The number of piperidine rings is 1. The predicted octanol–water partition coefficient (Wildman–Crippen LogP) is 0.975. The Balaban J connectivity index is 1.81. The van der Waals surface area contributed by atoms with E-state index in [1.54, 1.807) is 0 Å². The van der Waals surface area contributed by atoms with Gasteiger partial charge < -0.3 is 10.6 Å². The zero-order valence-electron chi connectivity index (χ0n) is 11.7. The van der Waals surface area contributed by atoms with Crippen LogP contribution in [0.15, 0.2) is 0 Å². The summed E-state index contributed by atoms with van der Waals surface area (Å²) < 4.78 is 0. The molecule has 2 rings (SSSR count). The van der Waals surface area contributed by atoms with Crippen molar-refractivity contribution < 1.29 is 4.79 Å². The summed E-state index contributed by atoms with van der Waals surface area (Å²) in [6.07, 6.45) is 4.36. The zero-order chi connectivity index (χ0) is 13.0. The number of nitrogens with one attached hydrogen (secondary N) is 2. The van der Waals surface area contributed by atoms with Gasteiger partial charge in [-0.15, -0.1) is 0 Å². The van der Waals surface area contributed by atoms with E-state index in [1.165, 1.54) is 19.4 Å². The summed E-state index contributed by atoms with van der Waals surface area (Å²) in [6.45, 7) is 9.02. The second-order valence-electron chi connectivity index (χ2n) is 6.06. The molecule has 0 bridgehead atoms. The first-order valence-electron chi connectivity index (χ1n) is 7.39. The molecule has 4 nitrogen and oxygen atoms in total. The third-order valence-electron chi connectivity index (χ3n) is 4.16. The quantitative estimate of drug-likeness (QED) is 0.767. The summed E-state index contributed by atoms with van der Waals surface area (Å²) in [4.78, 5) is 13.8. The SMILES string of the molecule is CC(C)N(CC1CCCNC1)CC1CCC(=O)N1. The Morgan fingerprint density at radius 1 is 1.33 bits per heavy atom. The molecular formula is C14H27N3O. The molecular weight excluding hydrogens is 226 g/mol. The van der Waals surface area contributed by atoms with Gasteiger partial charge in [-0.3, -0.25) is 9.69 Å². The van der Waals surface area contributed by atoms with Crippen molar-refractivity contribution in [3.8, 4) is 0 Å². The molecule has 0 aromatic heterocycles. The molecule has 0 aliphatic carbocycles. The molecule has 2 aliphatic heterocycles. The molecule has 2 atom stereocenters. The first-order valence-corrected chi connectivity index (χ1v) is 7.39. The molecule has 0 radical (unpaired) electrons. The maximum Gasteiger partial charge on any atom is 0.220 e. The molecule has 2 saturated heterocycles. The minimum absolute atomic E-state index is 0.225. The van der Waals surface area contributed by atoms with Crippen LogP contribution in [0.25, 0.3) is 0 Å². The van der Waals surface area contributed by atoms with Crippen LogP contribution in [-0.2, 0) is 4.79 Å². The zero-order valence-corrected chi connectivity index (χ0v) is 11.7. The number of amides is 1. The van der Waals surface area contributed by atoms with E-state index < -0.39 is 0 Å². The Kier molecular flexibility index (Phi) is 5.01. The first kappa shape index (κ1) is 13.8. The van der Waals surface area contributed by atoms with Crippen molar-refractivity contribution in [2.45, 2.75) is 51.6 Å². The van der Waals surface area contributed by atoms with E-state index in [4.69, 9.17) is 0 Å². The lowest BCUT2D eigenvalue weighted by Gasteiger charge is -2.34. The minimum atomic E-state index is 0.225. The van der Waals surface area contributed by atoms with Crippen molar-refractivity contribution in [2.24, 2.45) is 5.92 Å². The fraction of sp³-hybridized carbons (Fsp3) is 0.929. The molecule has 2 fully saturated rings. The number of hydrogen-bond acceptors (Lipinski definition) is 3. The summed E-state index contributed by atoms with van der Waals surface area (Å²) in [5, 5.41) is 6.56. The van der Waals surface area contributed by atoms with Gasteiger partial charge in [0, 0.05) is 31.6 Å². The molecule has 2 heterocycles. The minimum Gasteiger partial charge on any atom is -0.352 e. The lowest BCUT2D eigenvalue weighted by Crippen LogP contribution is -2.46. The van der Waals surface area contributed by atoms with Gasteiger partial charge in [-0.25, -0.2) is 0 Å². The maximum absolute atomic E-state index is 11.3. The predicted molar refractivity (Wildman–Crippen MR) is 73.5 cm³/mol. The van der Waals surface area contributed by atoms with Gasteiger partial charge in [0.25, 0.3) is 0 Å². The van der Waals surface area contributed by atoms with E-state index in [9.17, 15) is 4.79 Å². The molecule has 2 unspecified atom stereocenters.